The molecule has 1 aromatic heterocycles. The van der Waals surface area contributed by atoms with E-state index in [1.54, 1.807) is 0 Å². The minimum absolute atomic E-state index is 0.00138. The fourth-order valence-corrected chi connectivity index (χ4v) is 3.75. The molecule has 0 bridgehead atoms. The number of hydrogen-bond donors (Lipinski definition) is 4. The summed E-state index contributed by atoms with van der Waals surface area (Å²) in [6, 6.07) is 12.0. The molecule has 0 aliphatic carbocycles. The van der Waals surface area contributed by atoms with Crippen LogP contribution >= 0.6 is 0 Å². The first-order valence-electron chi connectivity index (χ1n) is 12.3. The zero-order valence-corrected chi connectivity index (χ0v) is 21.4. The predicted molar refractivity (Wildman–Crippen MR) is 137 cm³/mol. The molecule has 0 saturated heterocycles. The highest BCUT2D eigenvalue weighted by atomic mass is 16.5. The number of aryl methyl sites for hydroxylation is 2. The van der Waals surface area contributed by atoms with Gasteiger partial charge in [-0.1, -0.05) is 38.1 Å². The Morgan fingerprint density at radius 2 is 1.97 bits per heavy atom. The number of ether oxygens (including phenoxy) is 1. The van der Waals surface area contributed by atoms with Crippen LogP contribution in [-0.4, -0.2) is 58.7 Å². The van der Waals surface area contributed by atoms with Crippen molar-refractivity contribution < 1.29 is 24.3 Å². The van der Waals surface area contributed by atoms with Crippen LogP contribution in [0.25, 0.3) is 22.8 Å². The molecule has 0 fully saturated rings. The highest BCUT2D eigenvalue weighted by Gasteiger charge is 2.16. The Morgan fingerprint density at radius 1 is 1.17 bits per heavy atom. The average Bonchev–Trinajstić information content (AvgIpc) is 3.36. The molecule has 4 N–H and O–H groups in total. The second kappa shape index (κ2) is 13.2. The van der Waals surface area contributed by atoms with Crippen LogP contribution in [0.3, 0.4) is 0 Å². The van der Waals surface area contributed by atoms with Crippen LogP contribution in [0.15, 0.2) is 40.9 Å². The van der Waals surface area contributed by atoms with Crippen molar-refractivity contribution in [1.29, 1.82) is 0 Å². The van der Waals surface area contributed by atoms with Crippen LogP contribution in [0.4, 0.5) is 0 Å². The molecule has 0 aliphatic heterocycles. The van der Waals surface area contributed by atoms with Gasteiger partial charge in [-0.15, -0.1) is 0 Å². The Labute approximate surface area is 211 Å². The lowest BCUT2D eigenvalue weighted by atomic mass is 10.0. The van der Waals surface area contributed by atoms with Gasteiger partial charge < -0.3 is 30.1 Å². The summed E-state index contributed by atoms with van der Waals surface area (Å²) >= 11 is 0. The second-order valence-electron chi connectivity index (χ2n) is 9.21. The van der Waals surface area contributed by atoms with Gasteiger partial charge >= 0.3 is 0 Å². The average molecular weight is 497 g/mol. The number of hydrogen-bond acceptors (Lipinski definition) is 8. The maximum absolute atomic E-state index is 11.2. The van der Waals surface area contributed by atoms with Crippen molar-refractivity contribution in [2.75, 3.05) is 26.3 Å². The maximum Gasteiger partial charge on any atom is 0.258 e. The van der Waals surface area contributed by atoms with Gasteiger partial charge in [-0.3, -0.25) is 4.79 Å². The van der Waals surface area contributed by atoms with Crippen LogP contribution < -0.4 is 15.4 Å². The third-order valence-electron chi connectivity index (χ3n) is 5.57. The van der Waals surface area contributed by atoms with Gasteiger partial charge in [0.15, 0.2) is 0 Å². The molecule has 1 atom stereocenters. The van der Waals surface area contributed by atoms with Crippen molar-refractivity contribution in [3.63, 3.8) is 0 Å². The largest absolute Gasteiger partial charge is 0.490 e. The molecule has 1 heterocycles. The summed E-state index contributed by atoms with van der Waals surface area (Å²) < 4.78 is 11.5. The SMILES string of the molecule is CCc1cc(-c2noc(-c3cccc(CNCC(C)C)c3)n2)cc(C)c1OC[C@@H](O)CNC(=O)CO. The van der Waals surface area contributed by atoms with E-state index in [1.165, 1.54) is 0 Å². The molecule has 0 unspecified atom stereocenters. The van der Waals surface area contributed by atoms with Gasteiger partial charge in [0.25, 0.3) is 5.89 Å². The molecule has 194 valence electrons. The summed E-state index contributed by atoms with van der Waals surface area (Å²) in [6.45, 7) is 9.41. The molecule has 2 aromatic carbocycles. The van der Waals surface area contributed by atoms with Gasteiger partial charge in [-0.25, -0.2) is 0 Å². The maximum atomic E-state index is 11.2. The molecule has 9 nitrogen and oxygen atoms in total. The minimum atomic E-state index is -0.902. The Morgan fingerprint density at radius 3 is 2.69 bits per heavy atom. The van der Waals surface area contributed by atoms with E-state index in [1.807, 2.05) is 38.1 Å². The van der Waals surface area contributed by atoms with Crippen molar-refractivity contribution in [3.05, 3.63) is 53.1 Å². The van der Waals surface area contributed by atoms with Gasteiger partial charge in [0.1, 0.15) is 25.1 Å². The molecule has 0 saturated carbocycles. The van der Waals surface area contributed by atoms with Gasteiger partial charge in [0.05, 0.1) is 0 Å². The Kier molecular flexibility index (Phi) is 9.98. The van der Waals surface area contributed by atoms with Crippen LogP contribution in [0.5, 0.6) is 5.75 Å². The number of nitrogens with zero attached hydrogens (tertiary/aromatic N) is 2. The zero-order chi connectivity index (χ0) is 26.1. The third-order valence-corrected chi connectivity index (χ3v) is 5.57. The smallest absolute Gasteiger partial charge is 0.258 e. The van der Waals surface area contributed by atoms with Gasteiger partial charge in [0.2, 0.25) is 11.7 Å². The lowest BCUT2D eigenvalue weighted by molar-refractivity contribution is -0.124. The molecule has 0 radical (unpaired) electrons. The molecule has 36 heavy (non-hydrogen) atoms. The summed E-state index contributed by atoms with van der Waals surface area (Å²) in [5, 5.41) is 28.9. The van der Waals surface area contributed by atoms with Crippen LogP contribution in [0, 0.1) is 12.8 Å². The molecule has 1 amide bonds. The highest BCUT2D eigenvalue weighted by molar-refractivity contribution is 5.76. The van der Waals surface area contributed by atoms with Crippen LogP contribution in [0.1, 0.15) is 37.5 Å². The number of aliphatic hydroxyl groups excluding tert-OH is 2. The molecule has 0 aliphatic rings. The zero-order valence-electron chi connectivity index (χ0n) is 21.4. The normalized spacial score (nSPS) is 12.1. The summed E-state index contributed by atoms with van der Waals surface area (Å²) in [5.74, 6) is 1.67. The highest BCUT2D eigenvalue weighted by Crippen LogP contribution is 2.31. The molecule has 3 rings (SSSR count). The number of nitrogens with one attached hydrogen (secondary N) is 2. The van der Waals surface area contributed by atoms with E-state index < -0.39 is 18.6 Å². The van der Waals surface area contributed by atoms with Gasteiger partial charge in [-0.2, -0.15) is 4.98 Å². The topological polar surface area (TPSA) is 130 Å². The van der Waals surface area contributed by atoms with E-state index in [0.717, 1.165) is 40.9 Å². The Balaban J connectivity index is 1.72. The minimum Gasteiger partial charge on any atom is -0.490 e. The Bertz CT molecular complexity index is 1140. The third kappa shape index (κ3) is 7.61. The molecular formula is C27H36N4O5. The van der Waals surface area contributed by atoms with E-state index in [4.69, 9.17) is 14.4 Å². The standard InChI is InChI=1S/C27H36N4O5/c1-5-20-11-22(9-18(4)25(20)35-16-23(33)14-29-24(34)15-32)26-30-27(36-31-26)21-8-6-7-19(10-21)13-28-12-17(2)3/h6-11,17,23,28,32-33H,5,12-16H2,1-4H3,(H,29,34)/t23-/m0/s1. The Hall–Kier alpha value is -3.27. The number of amides is 1. The van der Waals surface area contributed by atoms with Gasteiger partial charge in [-0.05, 0) is 66.8 Å². The van der Waals surface area contributed by atoms with Crippen molar-refractivity contribution in [2.45, 2.75) is 46.8 Å². The number of aliphatic hydroxyl groups is 2. The molecule has 0 spiro atoms. The predicted octanol–water partition coefficient (Wildman–Crippen LogP) is 2.87. The first-order valence-corrected chi connectivity index (χ1v) is 12.3. The van der Waals surface area contributed by atoms with Crippen molar-refractivity contribution >= 4 is 5.91 Å². The van der Waals surface area contributed by atoms with E-state index >= 15 is 0 Å². The van der Waals surface area contributed by atoms with Crippen molar-refractivity contribution in [2.24, 2.45) is 5.92 Å². The van der Waals surface area contributed by atoms with Crippen LogP contribution in [0.2, 0.25) is 0 Å². The van der Waals surface area contributed by atoms with Gasteiger partial charge in [0, 0.05) is 24.2 Å². The first kappa shape index (κ1) is 27.3. The fraction of sp³-hybridized carbons (Fsp3) is 0.444. The summed E-state index contributed by atoms with van der Waals surface area (Å²) in [7, 11) is 0. The number of rotatable bonds is 13. The summed E-state index contributed by atoms with van der Waals surface area (Å²) in [4.78, 5) is 15.8. The monoisotopic (exact) mass is 496 g/mol. The van der Waals surface area contributed by atoms with E-state index in [9.17, 15) is 9.90 Å². The molecule has 3 aromatic rings. The second-order valence-corrected chi connectivity index (χ2v) is 9.21. The molecular weight excluding hydrogens is 460 g/mol. The number of carbonyl (C=O) groups excluding carboxylic acids is 1. The summed E-state index contributed by atoms with van der Waals surface area (Å²) in [5.41, 5.74) is 4.66. The van der Waals surface area contributed by atoms with E-state index in [2.05, 4.69) is 46.8 Å². The van der Waals surface area contributed by atoms with E-state index in [-0.39, 0.29) is 13.2 Å². The quantitative estimate of drug-likeness (QED) is 0.284. The van der Waals surface area contributed by atoms with Crippen molar-refractivity contribution in [3.8, 4) is 28.6 Å². The van der Waals surface area contributed by atoms with Crippen molar-refractivity contribution in [1.82, 2.24) is 20.8 Å². The fourth-order valence-electron chi connectivity index (χ4n) is 3.75. The summed E-state index contributed by atoms with van der Waals surface area (Å²) in [6.07, 6.45) is -0.197. The lowest BCUT2D eigenvalue weighted by Gasteiger charge is -2.17. The lowest BCUT2D eigenvalue weighted by Crippen LogP contribution is -2.36. The number of benzene rings is 2. The molecule has 9 heteroatoms. The number of aromatic nitrogens is 2. The number of carbonyl (C=O) groups is 1. The van der Waals surface area contributed by atoms with E-state index in [0.29, 0.717) is 29.8 Å². The van der Waals surface area contributed by atoms with Crippen LogP contribution in [-0.2, 0) is 17.8 Å². The first-order chi connectivity index (χ1) is 17.3.